The highest BCUT2D eigenvalue weighted by molar-refractivity contribution is 5.75. The number of ether oxygens (including phenoxy) is 1. The number of rotatable bonds is 2. The van der Waals surface area contributed by atoms with Crippen LogP contribution in [0.25, 0.3) is 0 Å². The highest BCUT2D eigenvalue weighted by Crippen LogP contribution is 2.12. The molecule has 86 valence electrons. The van der Waals surface area contributed by atoms with Gasteiger partial charge in [0.25, 0.3) is 0 Å². The summed E-state index contributed by atoms with van der Waals surface area (Å²) in [5, 5.41) is 8.70. The molecule has 1 fully saturated rings. The molecule has 1 aliphatic rings. The van der Waals surface area contributed by atoms with Gasteiger partial charge in [-0.1, -0.05) is 0 Å². The highest BCUT2D eigenvalue weighted by Gasteiger charge is 2.29. The Balaban J connectivity index is 2.65. The summed E-state index contributed by atoms with van der Waals surface area (Å²) in [4.78, 5) is 25.3. The first-order valence-electron chi connectivity index (χ1n) is 4.80. The molecular weight excluding hydrogens is 200 g/mol. The third-order valence-electron chi connectivity index (χ3n) is 2.27. The first kappa shape index (κ1) is 11.8. The van der Waals surface area contributed by atoms with Crippen LogP contribution in [-0.4, -0.2) is 66.8 Å². The summed E-state index contributed by atoms with van der Waals surface area (Å²) in [5.74, 6) is -0.915. The van der Waals surface area contributed by atoms with Crippen molar-refractivity contribution in [2.24, 2.45) is 0 Å². The van der Waals surface area contributed by atoms with Crippen LogP contribution in [0.1, 0.15) is 6.42 Å². The standard InChI is InChI=1S/C9H16N2O4/c1-10(2)9(14)11-3-4-15-6-7(11)5-8(12)13/h7H,3-6H2,1-2H3,(H,12,13). The normalized spacial score (nSPS) is 21.2. The summed E-state index contributed by atoms with van der Waals surface area (Å²) in [6.45, 7) is 1.22. The Morgan fingerprint density at radius 1 is 1.53 bits per heavy atom. The van der Waals surface area contributed by atoms with Gasteiger partial charge in [-0.3, -0.25) is 4.79 Å². The summed E-state index contributed by atoms with van der Waals surface area (Å²) < 4.78 is 5.17. The second-order valence-electron chi connectivity index (χ2n) is 3.70. The fourth-order valence-corrected chi connectivity index (χ4v) is 1.53. The van der Waals surface area contributed by atoms with E-state index in [1.54, 1.807) is 19.0 Å². The van der Waals surface area contributed by atoms with Gasteiger partial charge in [-0.25, -0.2) is 4.79 Å². The molecule has 1 atom stereocenters. The smallest absolute Gasteiger partial charge is 0.319 e. The monoisotopic (exact) mass is 216 g/mol. The Bertz CT molecular complexity index is 254. The van der Waals surface area contributed by atoms with E-state index >= 15 is 0 Å². The first-order valence-corrected chi connectivity index (χ1v) is 4.80. The molecule has 1 rings (SSSR count). The molecule has 0 bridgehead atoms. The van der Waals surface area contributed by atoms with E-state index in [2.05, 4.69) is 0 Å². The van der Waals surface area contributed by atoms with Gasteiger partial charge in [-0.05, 0) is 0 Å². The molecule has 0 aliphatic carbocycles. The predicted octanol–water partition coefficient (Wildman–Crippen LogP) is -0.156. The number of amides is 2. The lowest BCUT2D eigenvalue weighted by molar-refractivity contribution is -0.139. The lowest BCUT2D eigenvalue weighted by Crippen LogP contribution is -2.52. The van der Waals surface area contributed by atoms with Crippen LogP contribution in [0.15, 0.2) is 0 Å². The number of urea groups is 1. The van der Waals surface area contributed by atoms with Crippen LogP contribution in [0.4, 0.5) is 4.79 Å². The van der Waals surface area contributed by atoms with E-state index in [1.165, 1.54) is 4.90 Å². The van der Waals surface area contributed by atoms with E-state index in [0.717, 1.165) is 0 Å². The molecule has 2 amide bonds. The third-order valence-corrected chi connectivity index (χ3v) is 2.27. The molecule has 6 nitrogen and oxygen atoms in total. The minimum atomic E-state index is -0.915. The largest absolute Gasteiger partial charge is 0.481 e. The predicted molar refractivity (Wildman–Crippen MR) is 52.6 cm³/mol. The van der Waals surface area contributed by atoms with Crippen molar-refractivity contribution in [3.8, 4) is 0 Å². The maximum Gasteiger partial charge on any atom is 0.319 e. The van der Waals surface area contributed by atoms with Crippen molar-refractivity contribution < 1.29 is 19.4 Å². The van der Waals surface area contributed by atoms with Gasteiger partial charge in [0.1, 0.15) is 0 Å². The van der Waals surface area contributed by atoms with E-state index in [-0.39, 0.29) is 18.5 Å². The molecule has 15 heavy (non-hydrogen) atoms. The lowest BCUT2D eigenvalue weighted by atomic mass is 10.1. The number of carboxylic acid groups (broad SMARTS) is 1. The average Bonchev–Trinajstić information content (AvgIpc) is 2.16. The molecule has 0 aromatic heterocycles. The number of morpholine rings is 1. The minimum absolute atomic E-state index is 0.0699. The van der Waals surface area contributed by atoms with E-state index in [0.29, 0.717) is 19.8 Å². The zero-order chi connectivity index (χ0) is 11.4. The number of hydrogen-bond acceptors (Lipinski definition) is 3. The van der Waals surface area contributed by atoms with Crippen LogP contribution in [0.3, 0.4) is 0 Å². The van der Waals surface area contributed by atoms with Crippen molar-refractivity contribution in [1.82, 2.24) is 9.80 Å². The third kappa shape index (κ3) is 3.09. The van der Waals surface area contributed by atoms with Crippen molar-refractivity contribution in [1.29, 1.82) is 0 Å². The zero-order valence-corrected chi connectivity index (χ0v) is 8.97. The van der Waals surface area contributed by atoms with Gasteiger partial charge in [0.05, 0.1) is 25.7 Å². The van der Waals surface area contributed by atoms with Gasteiger partial charge in [0, 0.05) is 20.6 Å². The molecule has 0 spiro atoms. The van der Waals surface area contributed by atoms with Gasteiger partial charge in [-0.2, -0.15) is 0 Å². The fourth-order valence-electron chi connectivity index (χ4n) is 1.53. The van der Waals surface area contributed by atoms with Crippen LogP contribution < -0.4 is 0 Å². The van der Waals surface area contributed by atoms with Gasteiger partial charge >= 0.3 is 12.0 Å². The summed E-state index contributed by atoms with van der Waals surface area (Å²) >= 11 is 0. The summed E-state index contributed by atoms with van der Waals surface area (Å²) in [6, 6.07) is -0.518. The number of nitrogens with zero attached hydrogens (tertiary/aromatic N) is 2. The maximum atomic E-state index is 11.7. The minimum Gasteiger partial charge on any atom is -0.481 e. The Labute approximate surface area is 88.4 Å². The van der Waals surface area contributed by atoms with Gasteiger partial charge in [-0.15, -0.1) is 0 Å². The quantitative estimate of drug-likeness (QED) is 0.696. The molecule has 1 unspecified atom stereocenters. The van der Waals surface area contributed by atoms with E-state index in [9.17, 15) is 9.59 Å². The molecule has 1 heterocycles. The number of carbonyl (C=O) groups excluding carboxylic acids is 1. The summed E-state index contributed by atoms with van der Waals surface area (Å²) in [5.41, 5.74) is 0. The molecule has 1 N–H and O–H groups in total. The van der Waals surface area contributed by atoms with Crippen LogP contribution in [0, 0.1) is 0 Å². The Kier molecular flexibility index (Phi) is 3.90. The zero-order valence-electron chi connectivity index (χ0n) is 8.97. The van der Waals surface area contributed by atoms with Gasteiger partial charge in [0.15, 0.2) is 0 Å². The second kappa shape index (κ2) is 4.97. The molecule has 1 saturated heterocycles. The maximum absolute atomic E-state index is 11.7. The van der Waals surface area contributed by atoms with Gasteiger partial charge < -0.3 is 19.6 Å². The highest BCUT2D eigenvalue weighted by atomic mass is 16.5. The number of hydrogen-bond donors (Lipinski definition) is 1. The van der Waals surface area contributed by atoms with E-state index in [1.807, 2.05) is 0 Å². The van der Waals surface area contributed by atoms with E-state index in [4.69, 9.17) is 9.84 Å². The Morgan fingerprint density at radius 3 is 2.73 bits per heavy atom. The fraction of sp³-hybridized carbons (Fsp3) is 0.778. The molecule has 0 saturated carbocycles. The molecule has 0 aromatic carbocycles. The second-order valence-corrected chi connectivity index (χ2v) is 3.70. The van der Waals surface area contributed by atoms with Crippen LogP contribution in [-0.2, 0) is 9.53 Å². The van der Waals surface area contributed by atoms with Crippen molar-refractivity contribution in [3.05, 3.63) is 0 Å². The van der Waals surface area contributed by atoms with Crippen LogP contribution in [0.5, 0.6) is 0 Å². The molecule has 6 heteroatoms. The van der Waals surface area contributed by atoms with Crippen LogP contribution >= 0.6 is 0 Å². The number of carboxylic acids is 1. The number of carbonyl (C=O) groups is 2. The summed E-state index contributed by atoms with van der Waals surface area (Å²) in [6.07, 6.45) is -0.0699. The average molecular weight is 216 g/mol. The number of aliphatic carboxylic acids is 1. The lowest BCUT2D eigenvalue weighted by Gasteiger charge is -2.36. The van der Waals surface area contributed by atoms with Crippen LogP contribution in [0.2, 0.25) is 0 Å². The molecule has 0 aromatic rings. The van der Waals surface area contributed by atoms with Crippen molar-refractivity contribution in [2.75, 3.05) is 33.9 Å². The topological polar surface area (TPSA) is 70.1 Å². The Morgan fingerprint density at radius 2 is 2.20 bits per heavy atom. The Hall–Kier alpha value is -1.30. The first-order chi connectivity index (χ1) is 7.02. The van der Waals surface area contributed by atoms with Gasteiger partial charge in [0.2, 0.25) is 0 Å². The van der Waals surface area contributed by atoms with Crippen molar-refractivity contribution in [2.45, 2.75) is 12.5 Å². The SMILES string of the molecule is CN(C)C(=O)N1CCOCC1CC(=O)O. The molecule has 1 aliphatic heterocycles. The van der Waals surface area contributed by atoms with Crippen molar-refractivity contribution in [3.63, 3.8) is 0 Å². The molecule has 0 radical (unpaired) electrons. The summed E-state index contributed by atoms with van der Waals surface area (Å²) in [7, 11) is 3.30. The molecular formula is C9H16N2O4. The van der Waals surface area contributed by atoms with E-state index < -0.39 is 5.97 Å². The van der Waals surface area contributed by atoms with Crippen molar-refractivity contribution >= 4 is 12.0 Å².